The smallest absolute Gasteiger partial charge is 0.161 e. The van der Waals surface area contributed by atoms with Gasteiger partial charge in [0, 0.05) is 54.3 Å². The number of hydrogen-bond acceptors (Lipinski definition) is 2. The fraction of sp³-hybridized carbons (Fsp3) is 0.0625. The van der Waals surface area contributed by atoms with E-state index in [0.717, 1.165) is 60.5 Å². The molecule has 0 radical (unpaired) electrons. The Hall–Kier alpha value is -4.41. The number of aromatic amines is 2. The standard InChI is InChI=1S/C32H23ClN2O2/c1-36-25-16-15-18(17-26(25)37-2)27-28(19-9-3-6-12-22(19)33)29-20-10-4-7-13-23(20)35-32(29)30-21-11-5-8-14-24(21)34-31(27)30/h3-17,34-35H,1-2H3. The van der Waals surface area contributed by atoms with E-state index >= 15 is 0 Å². The molecule has 4 nitrogen and oxygen atoms in total. The summed E-state index contributed by atoms with van der Waals surface area (Å²) < 4.78 is 11.3. The van der Waals surface area contributed by atoms with Gasteiger partial charge in [0.2, 0.25) is 0 Å². The Balaban J connectivity index is 1.79. The lowest BCUT2D eigenvalue weighted by molar-refractivity contribution is 0.355. The summed E-state index contributed by atoms with van der Waals surface area (Å²) in [5.74, 6) is 1.36. The zero-order valence-corrected chi connectivity index (χ0v) is 21.1. The SMILES string of the molecule is COc1ccc(-c2c(-c3ccccc3Cl)c3c4ccccc4[nH]c3c3c2[nH]c2ccccc23)cc1OC. The molecule has 0 saturated carbocycles. The maximum Gasteiger partial charge on any atom is 0.161 e. The van der Waals surface area contributed by atoms with Crippen LogP contribution in [0.2, 0.25) is 5.02 Å². The molecule has 2 aromatic heterocycles. The minimum absolute atomic E-state index is 0.674. The second-order valence-corrected chi connectivity index (χ2v) is 9.55. The fourth-order valence-corrected chi connectivity index (χ4v) is 5.87. The van der Waals surface area contributed by atoms with E-state index in [1.165, 1.54) is 5.39 Å². The molecule has 7 rings (SSSR count). The van der Waals surface area contributed by atoms with Gasteiger partial charge in [-0.15, -0.1) is 0 Å². The lowest BCUT2D eigenvalue weighted by atomic mass is 9.88. The molecule has 0 fully saturated rings. The Morgan fingerprint density at radius 2 is 1.22 bits per heavy atom. The van der Waals surface area contributed by atoms with Gasteiger partial charge in [0.25, 0.3) is 0 Å². The van der Waals surface area contributed by atoms with Crippen LogP contribution >= 0.6 is 11.6 Å². The van der Waals surface area contributed by atoms with Crippen LogP contribution in [0, 0.1) is 0 Å². The molecule has 2 N–H and O–H groups in total. The summed E-state index contributed by atoms with van der Waals surface area (Å²) in [6.45, 7) is 0. The predicted molar refractivity (Wildman–Crippen MR) is 154 cm³/mol. The zero-order valence-electron chi connectivity index (χ0n) is 20.4. The van der Waals surface area contributed by atoms with E-state index in [2.05, 4.69) is 70.6 Å². The molecule has 180 valence electrons. The number of H-pyrrole nitrogens is 2. The number of aromatic nitrogens is 2. The van der Waals surface area contributed by atoms with Gasteiger partial charge in [-0.25, -0.2) is 0 Å². The summed E-state index contributed by atoms with van der Waals surface area (Å²) in [6.07, 6.45) is 0. The highest BCUT2D eigenvalue weighted by molar-refractivity contribution is 6.37. The number of benzene rings is 5. The van der Waals surface area contributed by atoms with E-state index in [1.807, 2.05) is 30.3 Å². The third-order valence-corrected chi connectivity index (χ3v) is 7.56. The van der Waals surface area contributed by atoms with Crippen molar-refractivity contribution in [1.82, 2.24) is 9.97 Å². The number of methoxy groups -OCH3 is 2. The van der Waals surface area contributed by atoms with Gasteiger partial charge in [-0.2, -0.15) is 0 Å². The first-order valence-corrected chi connectivity index (χ1v) is 12.5. The largest absolute Gasteiger partial charge is 0.493 e. The number of fused-ring (bicyclic) bond motifs is 7. The maximum atomic E-state index is 6.91. The van der Waals surface area contributed by atoms with Gasteiger partial charge < -0.3 is 19.4 Å². The van der Waals surface area contributed by atoms with Crippen LogP contribution in [0.4, 0.5) is 0 Å². The van der Waals surface area contributed by atoms with E-state index in [-0.39, 0.29) is 0 Å². The van der Waals surface area contributed by atoms with Crippen molar-refractivity contribution in [2.24, 2.45) is 0 Å². The second kappa shape index (κ2) is 8.32. The summed E-state index contributed by atoms with van der Waals surface area (Å²) in [5.41, 5.74) is 8.43. The zero-order chi connectivity index (χ0) is 25.1. The highest BCUT2D eigenvalue weighted by atomic mass is 35.5. The molecule has 7 aromatic rings. The number of para-hydroxylation sites is 2. The Kier molecular flexibility index (Phi) is 4.91. The van der Waals surface area contributed by atoms with Crippen molar-refractivity contribution >= 4 is 55.2 Å². The number of ether oxygens (including phenoxy) is 2. The number of halogens is 1. The van der Waals surface area contributed by atoms with E-state index in [0.29, 0.717) is 16.5 Å². The van der Waals surface area contributed by atoms with Crippen molar-refractivity contribution in [2.45, 2.75) is 0 Å². The van der Waals surface area contributed by atoms with Gasteiger partial charge in [-0.3, -0.25) is 0 Å². The van der Waals surface area contributed by atoms with Crippen LogP contribution in [0.1, 0.15) is 0 Å². The third-order valence-electron chi connectivity index (χ3n) is 7.23. The molecule has 0 amide bonds. The molecule has 5 aromatic carbocycles. The van der Waals surface area contributed by atoms with Crippen LogP contribution < -0.4 is 9.47 Å². The van der Waals surface area contributed by atoms with Gasteiger partial charge >= 0.3 is 0 Å². The third kappa shape index (κ3) is 3.16. The molecule has 2 heterocycles. The molecule has 0 spiro atoms. The fourth-order valence-electron chi connectivity index (χ4n) is 5.64. The number of hydrogen-bond donors (Lipinski definition) is 2. The Labute approximate surface area is 218 Å². The summed E-state index contributed by atoms with van der Waals surface area (Å²) in [5, 5.41) is 5.32. The summed E-state index contributed by atoms with van der Waals surface area (Å²) in [4.78, 5) is 7.48. The molecule has 0 aliphatic heterocycles. The summed E-state index contributed by atoms with van der Waals surface area (Å²) >= 11 is 6.91. The first-order chi connectivity index (χ1) is 18.2. The monoisotopic (exact) mass is 502 g/mol. The minimum Gasteiger partial charge on any atom is -0.493 e. The van der Waals surface area contributed by atoms with Crippen LogP contribution in [0.15, 0.2) is 91.0 Å². The molecule has 0 aliphatic rings. The average molecular weight is 503 g/mol. The van der Waals surface area contributed by atoms with Crippen LogP contribution in [-0.4, -0.2) is 24.2 Å². The van der Waals surface area contributed by atoms with Crippen LogP contribution in [0.3, 0.4) is 0 Å². The summed E-state index contributed by atoms with van der Waals surface area (Å²) in [7, 11) is 3.32. The topological polar surface area (TPSA) is 50.0 Å². The molecule has 5 heteroatoms. The van der Waals surface area contributed by atoms with Crippen LogP contribution in [-0.2, 0) is 0 Å². The highest BCUT2D eigenvalue weighted by Crippen LogP contribution is 2.50. The average Bonchev–Trinajstić information content (AvgIpc) is 3.51. The lowest BCUT2D eigenvalue weighted by Crippen LogP contribution is -1.94. The lowest BCUT2D eigenvalue weighted by Gasteiger charge is -2.17. The Morgan fingerprint density at radius 1 is 0.595 bits per heavy atom. The molecule has 0 saturated heterocycles. The number of nitrogens with one attached hydrogen (secondary N) is 2. The predicted octanol–water partition coefficient (Wildman–Crippen LogP) is 8.96. The van der Waals surface area contributed by atoms with Gasteiger partial charge in [0.05, 0.1) is 25.3 Å². The van der Waals surface area contributed by atoms with Crippen molar-refractivity contribution in [2.75, 3.05) is 14.2 Å². The van der Waals surface area contributed by atoms with Crippen molar-refractivity contribution in [1.29, 1.82) is 0 Å². The molecular formula is C32H23ClN2O2. The van der Waals surface area contributed by atoms with E-state index in [9.17, 15) is 0 Å². The first-order valence-electron chi connectivity index (χ1n) is 12.1. The molecule has 0 aliphatic carbocycles. The quantitative estimate of drug-likeness (QED) is 0.252. The van der Waals surface area contributed by atoms with Crippen molar-refractivity contribution in [3.8, 4) is 33.8 Å². The van der Waals surface area contributed by atoms with Crippen LogP contribution in [0.5, 0.6) is 11.5 Å². The van der Waals surface area contributed by atoms with Crippen LogP contribution in [0.25, 0.3) is 65.9 Å². The van der Waals surface area contributed by atoms with E-state index < -0.39 is 0 Å². The van der Waals surface area contributed by atoms with Gasteiger partial charge in [-0.05, 0) is 35.9 Å². The maximum absolute atomic E-state index is 6.91. The van der Waals surface area contributed by atoms with Crippen molar-refractivity contribution in [3.63, 3.8) is 0 Å². The van der Waals surface area contributed by atoms with Gasteiger partial charge in [0.15, 0.2) is 11.5 Å². The molecule has 0 unspecified atom stereocenters. The molecule has 0 atom stereocenters. The van der Waals surface area contributed by atoms with E-state index in [4.69, 9.17) is 21.1 Å². The second-order valence-electron chi connectivity index (χ2n) is 9.14. The molecule has 37 heavy (non-hydrogen) atoms. The summed E-state index contributed by atoms with van der Waals surface area (Å²) in [6, 6.07) is 31.0. The van der Waals surface area contributed by atoms with Crippen molar-refractivity contribution < 1.29 is 9.47 Å². The molecule has 0 bridgehead atoms. The van der Waals surface area contributed by atoms with Crippen molar-refractivity contribution in [3.05, 3.63) is 96.0 Å². The number of rotatable bonds is 4. The normalized spacial score (nSPS) is 11.6. The Bertz CT molecular complexity index is 1980. The van der Waals surface area contributed by atoms with Gasteiger partial charge in [0.1, 0.15) is 0 Å². The Morgan fingerprint density at radius 3 is 1.92 bits per heavy atom. The molecular weight excluding hydrogens is 480 g/mol. The van der Waals surface area contributed by atoms with Gasteiger partial charge in [-0.1, -0.05) is 72.3 Å². The highest BCUT2D eigenvalue weighted by Gasteiger charge is 2.25. The minimum atomic E-state index is 0.674. The first kappa shape index (κ1) is 21.8. The van der Waals surface area contributed by atoms with E-state index in [1.54, 1.807) is 14.2 Å².